The van der Waals surface area contributed by atoms with E-state index in [0.29, 0.717) is 25.1 Å². The number of nitrogens with zero attached hydrogens (tertiary/aromatic N) is 2. The molecule has 6 heteroatoms. The second-order valence-corrected chi connectivity index (χ2v) is 6.90. The van der Waals surface area contributed by atoms with E-state index < -0.39 is 0 Å². The second-order valence-electron chi connectivity index (χ2n) is 6.90. The fraction of sp³-hybridized carbons (Fsp3) is 0.389. The molecule has 1 aromatic heterocycles. The van der Waals surface area contributed by atoms with E-state index in [2.05, 4.69) is 15.7 Å². The Morgan fingerprint density at radius 1 is 1.38 bits per heavy atom. The van der Waals surface area contributed by atoms with Crippen molar-refractivity contribution in [1.82, 2.24) is 20.4 Å². The van der Waals surface area contributed by atoms with Crippen molar-refractivity contribution in [1.29, 1.82) is 0 Å². The summed E-state index contributed by atoms with van der Waals surface area (Å²) in [6.07, 6.45) is 4.14. The van der Waals surface area contributed by atoms with Gasteiger partial charge in [0, 0.05) is 30.9 Å². The van der Waals surface area contributed by atoms with E-state index in [1.165, 1.54) is 0 Å². The minimum Gasteiger partial charge on any atom is -0.351 e. The van der Waals surface area contributed by atoms with Gasteiger partial charge < -0.3 is 10.6 Å². The summed E-state index contributed by atoms with van der Waals surface area (Å²) in [6, 6.07) is 9.33. The molecule has 1 fully saturated rings. The molecule has 2 amide bonds. The van der Waals surface area contributed by atoms with Gasteiger partial charge in [0.25, 0.3) is 5.91 Å². The fourth-order valence-electron chi connectivity index (χ4n) is 2.94. The van der Waals surface area contributed by atoms with Crippen molar-refractivity contribution in [2.75, 3.05) is 6.54 Å². The van der Waals surface area contributed by atoms with E-state index in [1.807, 2.05) is 55.1 Å². The van der Waals surface area contributed by atoms with Gasteiger partial charge in [-0.25, -0.2) is 0 Å². The van der Waals surface area contributed by atoms with Gasteiger partial charge >= 0.3 is 0 Å². The summed E-state index contributed by atoms with van der Waals surface area (Å²) < 4.78 is 1.83. The monoisotopic (exact) mass is 326 g/mol. The minimum absolute atomic E-state index is 0.0342. The lowest BCUT2D eigenvalue weighted by Gasteiger charge is -2.25. The van der Waals surface area contributed by atoms with Gasteiger partial charge in [-0.3, -0.25) is 14.3 Å². The molecule has 6 nitrogen and oxygen atoms in total. The summed E-state index contributed by atoms with van der Waals surface area (Å²) in [4.78, 5) is 23.8. The third kappa shape index (κ3) is 3.64. The molecule has 0 spiro atoms. The van der Waals surface area contributed by atoms with Gasteiger partial charge in [-0.2, -0.15) is 5.10 Å². The first-order chi connectivity index (χ1) is 11.4. The number of rotatable bonds is 5. The van der Waals surface area contributed by atoms with Crippen LogP contribution >= 0.6 is 0 Å². The zero-order valence-corrected chi connectivity index (χ0v) is 14.0. The zero-order valence-electron chi connectivity index (χ0n) is 14.0. The number of carbonyl (C=O) groups is 2. The predicted octanol–water partition coefficient (Wildman–Crippen LogP) is 1.58. The molecule has 3 rings (SSSR count). The maximum absolute atomic E-state index is 12.3. The minimum atomic E-state index is -0.141. The molecule has 126 valence electrons. The predicted molar refractivity (Wildman–Crippen MR) is 90.4 cm³/mol. The molecule has 0 radical (unpaired) electrons. The Bertz CT molecular complexity index is 720. The SMILES string of the molecule is CC1(C)CC(=O)NC1CNC(=O)c1ccc(Cn2cccn2)cc1. The van der Waals surface area contributed by atoms with Crippen LogP contribution < -0.4 is 10.6 Å². The molecule has 2 aromatic rings. The Kier molecular flexibility index (Phi) is 4.38. The van der Waals surface area contributed by atoms with Gasteiger partial charge in [0.1, 0.15) is 0 Å². The molecule has 1 unspecified atom stereocenters. The van der Waals surface area contributed by atoms with Crippen LogP contribution in [-0.2, 0) is 11.3 Å². The maximum Gasteiger partial charge on any atom is 0.251 e. The quantitative estimate of drug-likeness (QED) is 0.876. The Balaban J connectivity index is 1.56. The van der Waals surface area contributed by atoms with E-state index in [1.54, 1.807) is 6.20 Å². The van der Waals surface area contributed by atoms with E-state index in [4.69, 9.17) is 0 Å². The first-order valence-corrected chi connectivity index (χ1v) is 8.08. The molecule has 1 aliphatic rings. The Labute approximate surface area is 141 Å². The lowest BCUT2D eigenvalue weighted by molar-refractivity contribution is -0.119. The van der Waals surface area contributed by atoms with E-state index in [9.17, 15) is 9.59 Å². The van der Waals surface area contributed by atoms with Crippen molar-refractivity contribution in [3.63, 3.8) is 0 Å². The van der Waals surface area contributed by atoms with Crippen LogP contribution in [0.25, 0.3) is 0 Å². The number of amides is 2. The highest BCUT2D eigenvalue weighted by molar-refractivity contribution is 5.94. The van der Waals surface area contributed by atoms with Gasteiger partial charge in [0.2, 0.25) is 5.91 Å². The van der Waals surface area contributed by atoms with Crippen molar-refractivity contribution in [3.8, 4) is 0 Å². The van der Waals surface area contributed by atoms with Crippen LogP contribution in [-0.4, -0.2) is 34.2 Å². The lowest BCUT2D eigenvalue weighted by atomic mass is 9.85. The van der Waals surface area contributed by atoms with Gasteiger partial charge in [0.15, 0.2) is 0 Å². The van der Waals surface area contributed by atoms with Crippen LogP contribution in [0.2, 0.25) is 0 Å². The second kappa shape index (κ2) is 6.47. The molecular formula is C18H22N4O2. The van der Waals surface area contributed by atoms with Crippen LogP contribution in [0.15, 0.2) is 42.7 Å². The van der Waals surface area contributed by atoms with Gasteiger partial charge in [-0.15, -0.1) is 0 Å². The molecule has 2 heterocycles. The normalized spacial score (nSPS) is 19.1. The molecule has 0 bridgehead atoms. The number of nitrogens with one attached hydrogen (secondary N) is 2. The van der Waals surface area contributed by atoms with E-state index in [0.717, 1.165) is 5.56 Å². The number of hydrogen-bond donors (Lipinski definition) is 2. The summed E-state index contributed by atoms with van der Waals surface area (Å²) in [5.74, 6) is -0.0835. The van der Waals surface area contributed by atoms with E-state index in [-0.39, 0.29) is 23.3 Å². The molecule has 0 saturated carbocycles. The Hall–Kier alpha value is -2.63. The number of hydrogen-bond acceptors (Lipinski definition) is 3. The molecule has 1 saturated heterocycles. The topological polar surface area (TPSA) is 76.0 Å². The number of carbonyl (C=O) groups excluding carboxylic acids is 2. The molecule has 2 N–H and O–H groups in total. The summed E-state index contributed by atoms with van der Waals surface area (Å²) >= 11 is 0. The number of aromatic nitrogens is 2. The summed E-state index contributed by atoms with van der Waals surface area (Å²) in [7, 11) is 0. The van der Waals surface area contributed by atoms with Gasteiger partial charge in [-0.1, -0.05) is 26.0 Å². The highest BCUT2D eigenvalue weighted by Crippen LogP contribution is 2.30. The zero-order chi connectivity index (χ0) is 17.2. The Morgan fingerprint density at radius 3 is 2.71 bits per heavy atom. The van der Waals surface area contributed by atoms with Crippen molar-refractivity contribution in [2.45, 2.75) is 32.9 Å². The standard InChI is InChI=1S/C18H22N4O2/c1-18(2)10-16(23)21-15(18)11-19-17(24)14-6-4-13(5-7-14)12-22-9-3-8-20-22/h3-9,15H,10-12H2,1-2H3,(H,19,24)(H,21,23). The highest BCUT2D eigenvalue weighted by Gasteiger charge is 2.39. The van der Waals surface area contributed by atoms with Gasteiger partial charge in [0.05, 0.1) is 12.6 Å². The van der Waals surface area contributed by atoms with Crippen molar-refractivity contribution in [2.24, 2.45) is 5.41 Å². The highest BCUT2D eigenvalue weighted by atomic mass is 16.2. The molecule has 1 aromatic carbocycles. The smallest absolute Gasteiger partial charge is 0.251 e. The van der Waals surface area contributed by atoms with Crippen molar-refractivity contribution >= 4 is 11.8 Å². The average Bonchev–Trinajstić information content (AvgIpc) is 3.12. The first-order valence-electron chi connectivity index (χ1n) is 8.08. The van der Waals surface area contributed by atoms with Gasteiger partial charge in [-0.05, 0) is 29.2 Å². The largest absolute Gasteiger partial charge is 0.351 e. The summed E-state index contributed by atoms with van der Waals surface area (Å²) in [5.41, 5.74) is 1.55. The first kappa shape index (κ1) is 16.2. The number of benzene rings is 1. The van der Waals surface area contributed by atoms with Crippen LogP contribution in [0.3, 0.4) is 0 Å². The third-order valence-corrected chi connectivity index (χ3v) is 4.48. The van der Waals surface area contributed by atoms with Crippen LogP contribution in [0.1, 0.15) is 36.2 Å². The van der Waals surface area contributed by atoms with Crippen molar-refractivity contribution < 1.29 is 9.59 Å². The molecule has 0 aliphatic carbocycles. The van der Waals surface area contributed by atoms with Crippen LogP contribution in [0.4, 0.5) is 0 Å². The molecular weight excluding hydrogens is 304 g/mol. The maximum atomic E-state index is 12.3. The average molecular weight is 326 g/mol. The lowest BCUT2D eigenvalue weighted by Crippen LogP contribution is -2.44. The summed E-state index contributed by atoms with van der Waals surface area (Å²) in [5, 5.41) is 10.00. The molecule has 24 heavy (non-hydrogen) atoms. The summed E-state index contributed by atoms with van der Waals surface area (Å²) in [6.45, 7) is 5.18. The fourth-order valence-corrected chi connectivity index (χ4v) is 2.94. The van der Waals surface area contributed by atoms with Crippen molar-refractivity contribution in [3.05, 3.63) is 53.9 Å². The molecule has 1 aliphatic heterocycles. The van der Waals surface area contributed by atoms with Crippen LogP contribution in [0.5, 0.6) is 0 Å². The van der Waals surface area contributed by atoms with Crippen LogP contribution in [0, 0.1) is 5.41 Å². The molecule has 1 atom stereocenters. The van der Waals surface area contributed by atoms with E-state index >= 15 is 0 Å². The third-order valence-electron chi connectivity index (χ3n) is 4.48. The Morgan fingerprint density at radius 2 is 2.12 bits per heavy atom.